The van der Waals surface area contributed by atoms with Crippen LogP contribution in [0, 0.1) is 5.92 Å². The highest BCUT2D eigenvalue weighted by Gasteiger charge is 2.31. The molecule has 186 valence electrons. The van der Waals surface area contributed by atoms with Gasteiger partial charge in [-0.3, -0.25) is 0 Å². The summed E-state index contributed by atoms with van der Waals surface area (Å²) in [4.78, 5) is 29.0. The Balaban J connectivity index is 1.85. The van der Waals surface area contributed by atoms with Crippen molar-refractivity contribution in [3.8, 4) is 0 Å². The summed E-state index contributed by atoms with van der Waals surface area (Å²) in [6.45, 7) is 16.9. The first-order valence-electron chi connectivity index (χ1n) is 12.5. The lowest BCUT2D eigenvalue weighted by Crippen LogP contribution is -2.48. The fourth-order valence-electron chi connectivity index (χ4n) is 4.57. The molecule has 2 aliphatic rings. The average Bonchev–Trinajstić information content (AvgIpc) is 2.89. The average molecular weight is 454 g/mol. The van der Waals surface area contributed by atoms with Gasteiger partial charge in [0, 0.05) is 31.7 Å². The van der Waals surface area contributed by atoms with Gasteiger partial charge in [0.05, 0.1) is 0 Å². The summed E-state index contributed by atoms with van der Waals surface area (Å²) in [7, 11) is 0. The van der Waals surface area contributed by atoms with Gasteiger partial charge in [0.2, 0.25) is 0 Å². The van der Waals surface area contributed by atoms with Crippen LogP contribution in [0.15, 0.2) is 0 Å². The standard InChI is InChI=1S/C25H47N3O4/c1-19(16-21-13-9-8-10-15-28(21)23(30)32-25(5,6)7)26-17-20-12-11-14-27(18-20)22(29)31-24(2,3)4/h19-21,26H,8-18H2,1-7H3. The number of nitrogens with one attached hydrogen (secondary N) is 1. The molecule has 2 saturated heterocycles. The first kappa shape index (κ1) is 26.7. The molecular weight excluding hydrogens is 406 g/mol. The number of hydrogen-bond acceptors (Lipinski definition) is 5. The van der Waals surface area contributed by atoms with E-state index >= 15 is 0 Å². The van der Waals surface area contributed by atoms with Crippen molar-refractivity contribution >= 4 is 12.2 Å². The lowest BCUT2D eigenvalue weighted by Gasteiger charge is -2.36. The Kier molecular flexibility index (Phi) is 9.68. The fraction of sp³-hybridized carbons (Fsp3) is 0.920. The molecule has 32 heavy (non-hydrogen) atoms. The molecule has 2 fully saturated rings. The maximum atomic E-state index is 12.8. The second kappa shape index (κ2) is 11.6. The summed E-state index contributed by atoms with van der Waals surface area (Å²) < 4.78 is 11.2. The van der Waals surface area contributed by atoms with Gasteiger partial charge in [-0.2, -0.15) is 0 Å². The Bertz CT molecular complexity index is 611. The zero-order valence-corrected chi connectivity index (χ0v) is 21.5. The second-order valence-electron chi connectivity index (χ2n) is 11.7. The Morgan fingerprint density at radius 1 is 0.906 bits per heavy atom. The summed E-state index contributed by atoms with van der Waals surface area (Å²) in [6, 6.07) is 0.499. The van der Waals surface area contributed by atoms with Gasteiger partial charge in [-0.15, -0.1) is 0 Å². The molecule has 0 aromatic carbocycles. The predicted octanol–water partition coefficient (Wildman–Crippen LogP) is 5.18. The van der Waals surface area contributed by atoms with Crippen LogP contribution in [0.2, 0.25) is 0 Å². The van der Waals surface area contributed by atoms with Crippen LogP contribution in [-0.2, 0) is 9.47 Å². The summed E-state index contributed by atoms with van der Waals surface area (Å²) in [5.74, 6) is 0.426. The molecule has 0 aliphatic carbocycles. The van der Waals surface area contributed by atoms with Crippen LogP contribution in [0.1, 0.15) is 93.4 Å². The summed E-state index contributed by atoms with van der Waals surface area (Å²) in [5.41, 5.74) is -0.936. The minimum atomic E-state index is -0.473. The number of ether oxygens (including phenoxy) is 2. The maximum Gasteiger partial charge on any atom is 0.410 e. The zero-order valence-electron chi connectivity index (χ0n) is 21.5. The highest BCUT2D eigenvalue weighted by molar-refractivity contribution is 5.69. The van der Waals surface area contributed by atoms with Crippen LogP contribution in [0.4, 0.5) is 9.59 Å². The van der Waals surface area contributed by atoms with Gasteiger partial charge >= 0.3 is 12.2 Å². The van der Waals surface area contributed by atoms with Crippen molar-refractivity contribution in [2.24, 2.45) is 5.92 Å². The van der Waals surface area contributed by atoms with Gasteiger partial charge in [0.25, 0.3) is 0 Å². The molecule has 2 heterocycles. The van der Waals surface area contributed by atoms with Crippen molar-refractivity contribution < 1.29 is 19.1 Å². The summed E-state index contributed by atoms with van der Waals surface area (Å²) in [6.07, 6.45) is 7.05. The molecule has 2 rings (SSSR count). The molecular formula is C25H47N3O4. The van der Waals surface area contributed by atoms with E-state index in [9.17, 15) is 9.59 Å². The Hall–Kier alpha value is -1.50. The molecule has 0 radical (unpaired) electrons. The third-order valence-electron chi connectivity index (χ3n) is 6.06. The van der Waals surface area contributed by atoms with Crippen LogP contribution >= 0.6 is 0 Å². The van der Waals surface area contributed by atoms with Crippen molar-refractivity contribution in [3.63, 3.8) is 0 Å². The Morgan fingerprint density at radius 2 is 1.56 bits per heavy atom. The molecule has 7 heteroatoms. The molecule has 2 aliphatic heterocycles. The van der Waals surface area contributed by atoms with Gasteiger partial charge in [0.15, 0.2) is 0 Å². The number of amides is 2. The third kappa shape index (κ3) is 9.55. The summed E-state index contributed by atoms with van der Waals surface area (Å²) in [5, 5.41) is 3.68. The minimum Gasteiger partial charge on any atom is -0.444 e. The normalized spacial score (nSPS) is 24.0. The smallest absolute Gasteiger partial charge is 0.410 e. The molecule has 3 unspecified atom stereocenters. The maximum absolute atomic E-state index is 12.8. The topological polar surface area (TPSA) is 71.1 Å². The van der Waals surface area contributed by atoms with Crippen LogP contribution in [0.3, 0.4) is 0 Å². The number of carbonyl (C=O) groups excluding carboxylic acids is 2. The molecule has 0 bridgehead atoms. The van der Waals surface area contributed by atoms with E-state index in [0.29, 0.717) is 12.0 Å². The highest BCUT2D eigenvalue weighted by atomic mass is 16.6. The monoisotopic (exact) mass is 453 g/mol. The first-order chi connectivity index (χ1) is 14.8. The minimum absolute atomic E-state index is 0.183. The predicted molar refractivity (Wildman–Crippen MR) is 128 cm³/mol. The third-order valence-corrected chi connectivity index (χ3v) is 6.06. The van der Waals surface area contributed by atoms with Gasteiger partial charge in [-0.25, -0.2) is 9.59 Å². The molecule has 2 amide bonds. The van der Waals surface area contributed by atoms with Crippen LogP contribution in [-0.4, -0.2) is 71.5 Å². The fourth-order valence-corrected chi connectivity index (χ4v) is 4.57. The van der Waals surface area contributed by atoms with Crippen LogP contribution in [0.25, 0.3) is 0 Å². The van der Waals surface area contributed by atoms with Crippen molar-refractivity contribution in [3.05, 3.63) is 0 Å². The van der Waals surface area contributed by atoms with E-state index in [-0.39, 0.29) is 18.2 Å². The lowest BCUT2D eigenvalue weighted by atomic mass is 9.97. The van der Waals surface area contributed by atoms with Crippen molar-refractivity contribution in [2.75, 3.05) is 26.2 Å². The van der Waals surface area contributed by atoms with E-state index in [0.717, 1.165) is 64.7 Å². The molecule has 0 saturated carbocycles. The highest BCUT2D eigenvalue weighted by Crippen LogP contribution is 2.24. The van der Waals surface area contributed by atoms with Crippen LogP contribution < -0.4 is 5.32 Å². The van der Waals surface area contributed by atoms with Gasteiger partial charge in [0.1, 0.15) is 11.2 Å². The second-order valence-corrected chi connectivity index (χ2v) is 11.7. The van der Waals surface area contributed by atoms with Gasteiger partial charge in [-0.1, -0.05) is 12.8 Å². The number of carbonyl (C=O) groups is 2. The lowest BCUT2D eigenvalue weighted by molar-refractivity contribution is 0.0149. The quantitative estimate of drug-likeness (QED) is 0.621. The molecule has 7 nitrogen and oxygen atoms in total. The number of rotatable bonds is 5. The van der Waals surface area contributed by atoms with Gasteiger partial charge in [-0.05, 0) is 93.0 Å². The molecule has 0 aromatic heterocycles. The molecule has 1 N–H and O–H groups in total. The first-order valence-corrected chi connectivity index (χ1v) is 12.5. The SMILES string of the molecule is CC(CC1CCCCCN1C(=O)OC(C)(C)C)NCC1CCCN(C(=O)OC(C)(C)C)C1. The van der Waals surface area contributed by atoms with Crippen molar-refractivity contribution in [2.45, 2.75) is 117 Å². The van der Waals surface area contributed by atoms with Crippen molar-refractivity contribution in [1.82, 2.24) is 15.1 Å². The van der Waals surface area contributed by atoms with Gasteiger partial charge < -0.3 is 24.6 Å². The van der Waals surface area contributed by atoms with E-state index in [1.54, 1.807) is 0 Å². The largest absolute Gasteiger partial charge is 0.444 e. The Morgan fingerprint density at radius 3 is 2.22 bits per heavy atom. The van der Waals surface area contributed by atoms with E-state index in [4.69, 9.17) is 9.47 Å². The number of hydrogen-bond donors (Lipinski definition) is 1. The molecule has 3 atom stereocenters. The summed E-state index contributed by atoms with van der Waals surface area (Å²) >= 11 is 0. The van der Waals surface area contributed by atoms with E-state index in [1.165, 1.54) is 6.42 Å². The van der Waals surface area contributed by atoms with E-state index in [1.807, 2.05) is 51.3 Å². The van der Waals surface area contributed by atoms with Crippen molar-refractivity contribution in [1.29, 1.82) is 0 Å². The number of likely N-dealkylation sites (tertiary alicyclic amines) is 2. The molecule has 0 spiro atoms. The van der Waals surface area contributed by atoms with Crippen LogP contribution in [0.5, 0.6) is 0 Å². The van der Waals surface area contributed by atoms with E-state index in [2.05, 4.69) is 12.2 Å². The number of nitrogens with zero attached hydrogens (tertiary/aromatic N) is 2. The van der Waals surface area contributed by atoms with E-state index < -0.39 is 11.2 Å². The Labute approximate surface area is 195 Å². The number of piperidine rings is 1. The zero-order chi connectivity index (χ0) is 23.9. The molecule has 0 aromatic rings.